The highest BCUT2D eigenvalue weighted by Crippen LogP contribution is 2.17. The maximum Gasteiger partial charge on any atom is 0.116 e. The van der Waals surface area contributed by atoms with Crippen LogP contribution in [0.1, 0.15) is 11.1 Å². The minimum absolute atomic E-state index is 0.296. The number of rotatable bonds is 2. The molecule has 0 radical (unpaired) electrons. The normalized spacial score (nSPS) is 10.7. The molecule has 0 fully saturated rings. The lowest BCUT2D eigenvalue weighted by Gasteiger charge is -2.03. The fourth-order valence-electron chi connectivity index (χ4n) is 1.98. The number of benzene rings is 2. The Morgan fingerprint density at radius 2 is 1.72 bits per heavy atom. The molecule has 0 bridgehead atoms. The van der Waals surface area contributed by atoms with Crippen molar-refractivity contribution in [3.63, 3.8) is 0 Å². The molecular weight excluding hydrogens is 224 g/mol. The minimum atomic E-state index is 0.296. The van der Waals surface area contributed by atoms with E-state index in [4.69, 9.17) is 0 Å². The molecule has 3 heteroatoms. The molecule has 18 heavy (non-hydrogen) atoms. The Morgan fingerprint density at radius 1 is 0.944 bits per heavy atom. The zero-order valence-electron chi connectivity index (χ0n) is 9.74. The number of phenolic OH excluding ortho intramolecular Hbond substituents is 1. The Balaban J connectivity index is 1.92. The summed E-state index contributed by atoms with van der Waals surface area (Å²) in [7, 11) is 0. The Bertz CT molecular complexity index is 677. The number of phenols is 1. The van der Waals surface area contributed by atoms with E-state index >= 15 is 0 Å². The van der Waals surface area contributed by atoms with E-state index in [-0.39, 0.29) is 0 Å². The molecule has 0 spiro atoms. The zero-order chi connectivity index (χ0) is 12.4. The molecule has 3 aromatic rings. The van der Waals surface area contributed by atoms with E-state index in [9.17, 15) is 5.11 Å². The highest BCUT2D eigenvalue weighted by molar-refractivity contribution is 5.78. The predicted octanol–water partition coefficient (Wildman–Crippen LogP) is 2.93. The molecule has 0 amide bonds. The van der Waals surface area contributed by atoms with Crippen LogP contribution in [0.15, 0.2) is 55.0 Å². The molecule has 3 nitrogen and oxygen atoms in total. The van der Waals surface area contributed by atoms with E-state index in [1.165, 1.54) is 11.1 Å². The van der Waals surface area contributed by atoms with E-state index < -0.39 is 0 Å². The minimum Gasteiger partial charge on any atom is -0.508 e. The van der Waals surface area contributed by atoms with Crippen molar-refractivity contribution in [2.75, 3.05) is 0 Å². The third kappa shape index (κ3) is 2.15. The summed E-state index contributed by atoms with van der Waals surface area (Å²) in [6.45, 7) is 0. The van der Waals surface area contributed by atoms with Gasteiger partial charge in [-0.3, -0.25) is 0 Å². The van der Waals surface area contributed by atoms with Crippen molar-refractivity contribution < 1.29 is 5.11 Å². The van der Waals surface area contributed by atoms with Gasteiger partial charge in [-0.25, -0.2) is 9.97 Å². The molecule has 0 saturated carbocycles. The van der Waals surface area contributed by atoms with E-state index in [0.29, 0.717) is 5.75 Å². The van der Waals surface area contributed by atoms with Gasteiger partial charge in [0.05, 0.1) is 5.52 Å². The lowest BCUT2D eigenvalue weighted by atomic mass is 10.0. The molecule has 0 aliphatic heterocycles. The van der Waals surface area contributed by atoms with Gasteiger partial charge in [0.15, 0.2) is 0 Å². The lowest BCUT2D eigenvalue weighted by Crippen LogP contribution is -1.89. The third-order valence-electron chi connectivity index (χ3n) is 2.92. The van der Waals surface area contributed by atoms with Crippen molar-refractivity contribution in [1.29, 1.82) is 0 Å². The maximum atomic E-state index is 9.25. The molecule has 2 aromatic carbocycles. The first-order valence-corrected chi connectivity index (χ1v) is 5.78. The Labute approximate surface area is 105 Å². The summed E-state index contributed by atoms with van der Waals surface area (Å²) in [6.07, 6.45) is 4.21. The van der Waals surface area contributed by atoms with Crippen LogP contribution in [0.5, 0.6) is 5.75 Å². The quantitative estimate of drug-likeness (QED) is 0.744. The number of fused-ring (bicyclic) bond motifs is 1. The molecule has 0 atom stereocenters. The van der Waals surface area contributed by atoms with Crippen LogP contribution in [0, 0.1) is 0 Å². The molecule has 0 aliphatic rings. The Kier molecular flexibility index (Phi) is 2.65. The average Bonchev–Trinajstić information content (AvgIpc) is 2.41. The summed E-state index contributed by atoms with van der Waals surface area (Å²) in [5, 5.41) is 10.3. The van der Waals surface area contributed by atoms with Gasteiger partial charge in [-0.15, -0.1) is 0 Å². The van der Waals surface area contributed by atoms with E-state index in [2.05, 4.69) is 22.1 Å². The SMILES string of the molecule is Oc1ccc(Cc2ccc3cncnc3c2)cc1. The smallest absolute Gasteiger partial charge is 0.116 e. The summed E-state index contributed by atoms with van der Waals surface area (Å²) < 4.78 is 0. The van der Waals surface area contributed by atoms with Gasteiger partial charge in [0.1, 0.15) is 12.1 Å². The number of nitrogens with zero attached hydrogens (tertiary/aromatic N) is 2. The fourth-order valence-corrected chi connectivity index (χ4v) is 1.98. The van der Waals surface area contributed by atoms with Gasteiger partial charge >= 0.3 is 0 Å². The van der Waals surface area contributed by atoms with Crippen LogP contribution in [0.25, 0.3) is 10.9 Å². The van der Waals surface area contributed by atoms with Gasteiger partial charge in [0.25, 0.3) is 0 Å². The lowest BCUT2D eigenvalue weighted by molar-refractivity contribution is 0.475. The second kappa shape index (κ2) is 4.45. The van der Waals surface area contributed by atoms with E-state index in [0.717, 1.165) is 17.3 Å². The van der Waals surface area contributed by atoms with Crippen molar-refractivity contribution in [3.05, 3.63) is 66.1 Å². The number of hydrogen-bond donors (Lipinski definition) is 1. The molecule has 88 valence electrons. The van der Waals surface area contributed by atoms with Gasteiger partial charge in [0, 0.05) is 11.6 Å². The van der Waals surface area contributed by atoms with Crippen molar-refractivity contribution in [1.82, 2.24) is 9.97 Å². The monoisotopic (exact) mass is 236 g/mol. The summed E-state index contributed by atoms with van der Waals surface area (Å²) in [6, 6.07) is 13.5. The van der Waals surface area contributed by atoms with Gasteiger partial charge in [-0.05, 0) is 35.7 Å². The molecule has 3 rings (SSSR count). The van der Waals surface area contributed by atoms with E-state index in [1.807, 2.05) is 24.4 Å². The van der Waals surface area contributed by atoms with Crippen LogP contribution in [-0.4, -0.2) is 15.1 Å². The number of aromatic hydroxyl groups is 1. The van der Waals surface area contributed by atoms with Crippen LogP contribution in [0.4, 0.5) is 0 Å². The molecule has 1 N–H and O–H groups in total. The molecule has 0 aliphatic carbocycles. The first-order valence-electron chi connectivity index (χ1n) is 5.78. The Morgan fingerprint density at radius 3 is 2.56 bits per heavy atom. The second-order valence-corrected chi connectivity index (χ2v) is 4.26. The molecule has 0 unspecified atom stereocenters. The summed E-state index contributed by atoms with van der Waals surface area (Å²) in [5.74, 6) is 0.296. The predicted molar refractivity (Wildman–Crippen MR) is 70.5 cm³/mol. The summed E-state index contributed by atoms with van der Waals surface area (Å²) >= 11 is 0. The first-order chi connectivity index (χ1) is 8.81. The van der Waals surface area contributed by atoms with Gasteiger partial charge < -0.3 is 5.11 Å². The van der Waals surface area contributed by atoms with Crippen molar-refractivity contribution in [2.45, 2.75) is 6.42 Å². The van der Waals surface area contributed by atoms with Crippen LogP contribution >= 0.6 is 0 Å². The first kappa shape index (κ1) is 10.7. The average molecular weight is 236 g/mol. The van der Waals surface area contributed by atoms with Crippen LogP contribution in [0.3, 0.4) is 0 Å². The van der Waals surface area contributed by atoms with E-state index in [1.54, 1.807) is 18.5 Å². The fraction of sp³-hybridized carbons (Fsp3) is 0.0667. The zero-order valence-corrected chi connectivity index (χ0v) is 9.74. The van der Waals surface area contributed by atoms with Crippen molar-refractivity contribution >= 4 is 10.9 Å². The highest BCUT2D eigenvalue weighted by atomic mass is 16.3. The highest BCUT2D eigenvalue weighted by Gasteiger charge is 1.99. The molecule has 1 aromatic heterocycles. The Hall–Kier alpha value is -2.42. The van der Waals surface area contributed by atoms with Crippen LogP contribution in [-0.2, 0) is 6.42 Å². The second-order valence-electron chi connectivity index (χ2n) is 4.26. The van der Waals surface area contributed by atoms with Crippen LogP contribution in [0.2, 0.25) is 0 Å². The summed E-state index contributed by atoms with van der Waals surface area (Å²) in [5.41, 5.74) is 3.33. The maximum absolute atomic E-state index is 9.25. The van der Waals surface area contributed by atoms with Crippen molar-refractivity contribution in [2.24, 2.45) is 0 Å². The molecule has 1 heterocycles. The molecular formula is C15H12N2O. The molecule has 0 saturated heterocycles. The van der Waals surface area contributed by atoms with Gasteiger partial charge in [0.2, 0.25) is 0 Å². The largest absolute Gasteiger partial charge is 0.508 e. The van der Waals surface area contributed by atoms with Gasteiger partial charge in [-0.1, -0.05) is 24.3 Å². The topological polar surface area (TPSA) is 46.0 Å². The van der Waals surface area contributed by atoms with Crippen LogP contribution < -0.4 is 0 Å². The summed E-state index contributed by atoms with van der Waals surface area (Å²) in [4.78, 5) is 8.24. The number of hydrogen-bond acceptors (Lipinski definition) is 3. The van der Waals surface area contributed by atoms with Crippen molar-refractivity contribution in [3.8, 4) is 5.75 Å². The number of aromatic nitrogens is 2. The standard InChI is InChI=1S/C15H12N2O/c18-14-5-2-11(3-6-14)7-12-1-4-13-9-16-10-17-15(13)8-12/h1-6,8-10,18H,7H2. The van der Waals surface area contributed by atoms with Gasteiger partial charge in [-0.2, -0.15) is 0 Å². The third-order valence-corrected chi connectivity index (χ3v) is 2.92.